The van der Waals surface area contributed by atoms with Crippen LogP contribution in [0, 0.1) is 24.0 Å². The van der Waals surface area contributed by atoms with Crippen LogP contribution in [-0.2, 0) is 4.74 Å². The molecule has 3 rings (SSSR count). The van der Waals surface area contributed by atoms with Crippen LogP contribution in [0.3, 0.4) is 0 Å². The van der Waals surface area contributed by atoms with Crippen molar-refractivity contribution in [2.75, 3.05) is 29.0 Å². The van der Waals surface area contributed by atoms with E-state index >= 15 is 0 Å². The highest BCUT2D eigenvalue weighted by Crippen LogP contribution is 2.33. The van der Waals surface area contributed by atoms with Gasteiger partial charge in [0.25, 0.3) is 0 Å². The number of ether oxygens (including phenoxy) is 1. The van der Waals surface area contributed by atoms with Crippen LogP contribution in [-0.4, -0.2) is 40.2 Å². The molecule has 2 aromatic rings. The fourth-order valence-corrected chi connectivity index (χ4v) is 3.17. The average Bonchev–Trinajstić information content (AvgIpc) is 2.56. The topological polar surface area (TPSA) is 119 Å². The van der Waals surface area contributed by atoms with Gasteiger partial charge in [-0.2, -0.15) is 9.97 Å². The third kappa shape index (κ3) is 4.08. The number of aromatic nitrogens is 2. The van der Waals surface area contributed by atoms with Gasteiger partial charge in [-0.25, -0.2) is 0 Å². The van der Waals surface area contributed by atoms with Crippen LogP contribution in [0.1, 0.15) is 25.0 Å². The van der Waals surface area contributed by atoms with Gasteiger partial charge in [-0.3, -0.25) is 10.1 Å². The van der Waals surface area contributed by atoms with Crippen LogP contribution in [0.2, 0.25) is 0 Å². The summed E-state index contributed by atoms with van der Waals surface area (Å²) in [7, 11) is 0. The minimum Gasteiger partial charge on any atom is -0.378 e. The second-order valence-corrected chi connectivity index (χ2v) is 6.95. The summed E-state index contributed by atoms with van der Waals surface area (Å²) < 4.78 is 5.73. The van der Waals surface area contributed by atoms with Crippen LogP contribution < -0.4 is 16.0 Å². The van der Waals surface area contributed by atoms with Crippen molar-refractivity contribution >= 4 is 29.0 Å². The summed E-state index contributed by atoms with van der Waals surface area (Å²) in [5.74, 6) is 0.270. The maximum atomic E-state index is 11.5. The maximum Gasteiger partial charge on any atom is 0.353 e. The van der Waals surface area contributed by atoms with Crippen molar-refractivity contribution in [1.29, 1.82) is 0 Å². The van der Waals surface area contributed by atoms with Crippen molar-refractivity contribution in [2.45, 2.75) is 39.9 Å². The minimum absolute atomic E-state index is 0.00456. The van der Waals surface area contributed by atoms with E-state index < -0.39 is 4.92 Å². The van der Waals surface area contributed by atoms with E-state index in [1.165, 1.54) is 0 Å². The number of nitrogens with one attached hydrogen (secondary N) is 1. The quantitative estimate of drug-likeness (QED) is 0.621. The summed E-state index contributed by atoms with van der Waals surface area (Å²) in [6, 6.07) is 5.71. The first-order valence-corrected chi connectivity index (χ1v) is 8.81. The zero-order valence-electron chi connectivity index (χ0n) is 15.9. The van der Waals surface area contributed by atoms with Gasteiger partial charge >= 0.3 is 5.69 Å². The first kappa shape index (κ1) is 18.8. The fraction of sp³-hybridized carbons (Fsp3) is 0.444. The Balaban J connectivity index is 2.01. The standard InChI is InChI=1S/C18H24N6O3/c1-10-5-6-14(7-11(10)2)20-17-15(24(25)26)16(19)21-18(22-17)23-8-12(3)27-13(4)9-23/h5-7,12-13H,8-9H2,1-4H3,(H3,19,20,21,22)/t12-,13-/m1/s1. The Labute approximate surface area is 157 Å². The first-order valence-electron chi connectivity index (χ1n) is 8.81. The van der Waals surface area contributed by atoms with Crippen molar-refractivity contribution in [3.8, 4) is 0 Å². The lowest BCUT2D eigenvalue weighted by molar-refractivity contribution is -0.383. The summed E-state index contributed by atoms with van der Waals surface area (Å²) in [6.45, 7) is 9.08. The van der Waals surface area contributed by atoms with Crippen molar-refractivity contribution < 1.29 is 9.66 Å². The van der Waals surface area contributed by atoms with Crippen LogP contribution in [0.5, 0.6) is 0 Å². The molecular weight excluding hydrogens is 348 g/mol. The Kier molecular flexibility index (Phi) is 5.13. The van der Waals surface area contributed by atoms with E-state index in [1.807, 2.05) is 50.8 Å². The van der Waals surface area contributed by atoms with E-state index in [2.05, 4.69) is 15.3 Å². The lowest BCUT2D eigenvalue weighted by atomic mass is 10.1. The molecule has 0 unspecified atom stereocenters. The number of benzene rings is 1. The summed E-state index contributed by atoms with van der Waals surface area (Å²) in [5.41, 5.74) is 8.50. The highest BCUT2D eigenvalue weighted by molar-refractivity contribution is 5.74. The molecule has 1 aromatic heterocycles. The zero-order valence-corrected chi connectivity index (χ0v) is 15.9. The highest BCUT2D eigenvalue weighted by atomic mass is 16.6. The monoisotopic (exact) mass is 372 g/mol. The molecule has 9 heteroatoms. The highest BCUT2D eigenvalue weighted by Gasteiger charge is 2.29. The number of hydrogen-bond donors (Lipinski definition) is 2. The van der Waals surface area contributed by atoms with Gasteiger partial charge in [-0.1, -0.05) is 6.07 Å². The number of hydrogen-bond acceptors (Lipinski definition) is 8. The molecule has 1 saturated heterocycles. The molecule has 0 saturated carbocycles. The van der Waals surface area contributed by atoms with Crippen molar-refractivity contribution in [1.82, 2.24) is 9.97 Å². The average molecular weight is 372 g/mol. The molecule has 1 aliphatic rings. The second-order valence-electron chi connectivity index (χ2n) is 6.95. The van der Waals surface area contributed by atoms with Crippen LogP contribution in [0.25, 0.3) is 0 Å². The summed E-state index contributed by atoms with van der Waals surface area (Å²) >= 11 is 0. The van der Waals surface area contributed by atoms with Gasteiger partial charge in [-0.05, 0) is 51.0 Å². The number of anilines is 4. The Morgan fingerprint density at radius 1 is 1.22 bits per heavy atom. The number of rotatable bonds is 4. The molecule has 3 N–H and O–H groups in total. The molecule has 27 heavy (non-hydrogen) atoms. The molecule has 1 aliphatic heterocycles. The lowest BCUT2D eigenvalue weighted by Crippen LogP contribution is -2.46. The van der Waals surface area contributed by atoms with E-state index in [-0.39, 0.29) is 29.5 Å². The van der Waals surface area contributed by atoms with Crippen molar-refractivity contribution in [2.24, 2.45) is 0 Å². The molecule has 0 spiro atoms. The molecule has 2 atom stereocenters. The van der Waals surface area contributed by atoms with Crippen LogP contribution >= 0.6 is 0 Å². The van der Waals surface area contributed by atoms with E-state index in [4.69, 9.17) is 10.5 Å². The number of nitrogen functional groups attached to an aromatic ring is 1. The van der Waals surface area contributed by atoms with Gasteiger partial charge in [0.1, 0.15) is 0 Å². The van der Waals surface area contributed by atoms with Gasteiger partial charge in [0.15, 0.2) is 0 Å². The minimum atomic E-state index is -0.562. The molecule has 1 fully saturated rings. The van der Waals surface area contributed by atoms with Gasteiger partial charge in [0.2, 0.25) is 17.6 Å². The molecule has 9 nitrogen and oxygen atoms in total. The van der Waals surface area contributed by atoms with E-state index in [0.29, 0.717) is 24.7 Å². The number of nitrogens with zero attached hydrogens (tertiary/aromatic N) is 4. The SMILES string of the molecule is Cc1ccc(Nc2nc(N3C[C@@H](C)O[C@H](C)C3)nc(N)c2[N+](=O)[O-])cc1C. The van der Waals surface area contributed by atoms with Gasteiger partial charge in [-0.15, -0.1) is 0 Å². The van der Waals surface area contributed by atoms with E-state index in [0.717, 1.165) is 11.1 Å². The second kappa shape index (κ2) is 7.36. The first-order chi connectivity index (χ1) is 12.7. The maximum absolute atomic E-state index is 11.5. The molecule has 0 radical (unpaired) electrons. The predicted molar refractivity (Wildman–Crippen MR) is 105 cm³/mol. The molecule has 144 valence electrons. The smallest absolute Gasteiger partial charge is 0.353 e. The van der Waals surface area contributed by atoms with Gasteiger partial charge in [0.05, 0.1) is 17.1 Å². The van der Waals surface area contributed by atoms with Gasteiger partial charge in [0, 0.05) is 18.8 Å². The third-order valence-corrected chi connectivity index (χ3v) is 4.55. The molecule has 0 bridgehead atoms. The molecule has 1 aromatic carbocycles. The number of morpholine rings is 1. The van der Waals surface area contributed by atoms with Crippen LogP contribution in [0.4, 0.5) is 29.0 Å². The zero-order chi connectivity index (χ0) is 19.7. The Bertz CT molecular complexity index is 862. The number of nitrogens with two attached hydrogens (primary N) is 1. The summed E-state index contributed by atoms with van der Waals surface area (Å²) in [5, 5.41) is 14.6. The summed E-state index contributed by atoms with van der Waals surface area (Å²) in [6.07, 6.45) is 0.00912. The molecular formula is C18H24N6O3. The van der Waals surface area contributed by atoms with E-state index in [1.54, 1.807) is 0 Å². The van der Waals surface area contributed by atoms with E-state index in [9.17, 15) is 10.1 Å². The Hall–Kier alpha value is -2.94. The third-order valence-electron chi connectivity index (χ3n) is 4.55. The van der Waals surface area contributed by atoms with Crippen molar-refractivity contribution in [3.05, 3.63) is 39.4 Å². The summed E-state index contributed by atoms with van der Waals surface area (Å²) in [4.78, 5) is 21.5. The fourth-order valence-electron chi connectivity index (χ4n) is 3.17. The predicted octanol–water partition coefficient (Wildman–Crippen LogP) is 2.94. The number of aryl methyl sites for hydroxylation is 2. The Morgan fingerprint density at radius 2 is 1.89 bits per heavy atom. The largest absolute Gasteiger partial charge is 0.378 e. The van der Waals surface area contributed by atoms with Crippen molar-refractivity contribution in [3.63, 3.8) is 0 Å². The Morgan fingerprint density at radius 3 is 2.48 bits per heavy atom. The van der Waals surface area contributed by atoms with Crippen LogP contribution in [0.15, 0.2) is 18.2 Å². The normalized spacial score (nSPS) is 19.8. The molecule has 0 aliphatic carbocycles. The molecule has 0 amide bonds. The van der Waals surface area contributed by atoms with Gasteiger partial charge < -0.3 is 20.7 Å². The molecule has 2 heterocycles. The number of nitro groups is 1. The lowest BCUT2D eigenvalue weighted by Gasteiger charge is -2.35.